The Labute approximate surface area is 141 Å². The second-order valence-corrected chi connectivity index (χ2v) is 6.53. The van der Waals surface area contributed by atoms with E-state index in [-0.39, 0.29) is 11.9 Å². The Morgan fingerprint density at radius 3 is 3.17 bits per heavy atom. The summed E-state index contributed by atoms with van der Waals surface area (Å²) in [4.78, 5) is 15.0. The summed E-state index contributed by atoms with van der Waals surface area (Å²) in [6, 6.07) is 3.67. The fraction of sp³-hybridized carbons (Fsp3) is 0.529. The molecule has 5 nitrogen and oxygen atoms in total. The van der Waals surface area contributed by atoms with Gasteiger partial charge in [-0.05, 0) is 44.5 Å². The number of anilines is 1. The largest absolute Gasteiger partial charge is 0.323 e. The van der Waals surface area contributed by atoms with Crippen molar-refractivity contribution in [2.75, 3.05) is 18.4 Å². The maximum Gasteiger partial charge on any atom is 0.241 e. The van der Waals surface area contributed by atoms with E-state index in [0.717, 1.165) is 49.7 Å². The number of aromatic nitrogens is 2. The number of nitrogens with one attached hydrogen (secondary N) is 2. The standard InChI is InChI=1S/C17H23ClN4O/c1-2-3-9-22-10-5-4-6-15(22)17(23)20-14-8-7-13-12(16(14)18)11-19-21-13/h7-8,11,15H,2-6,9-10H2,1H3,(H,19,21)(H,20,23). The van der Waals surface area contributed by atoms with Crippen molar-refractivity contribution in [1.29, 1.82) is 0 Å². The van der Waals surface area contributed by atoms with E-state index in [4.69, 9.17) is 11.6 Å². The van der Waals surface area contributed by atoms with E-state index in [2.05, 4.69) is 27.3 Å². The predicted molar refractivity (Wildman–Crippen MR) is 93.9 cm³/mol. The van der Waals surface area contributed by atoms with Gasteiger partial charge in [0.1, 0.15) is 0 Å². The van der Waals surface area contributed by atoms with Crippen LogP contribution in [-0.2, 0) is 4.79 Å². The lowest BCUT2D eigenvalue weighted by atomic mass is 10.0. The summed E-state index contributed by atoms with van der Waals surface area (Å²) in [5, 5.41) is 11.3. The van der Waals surface area contributed by atoms with Crippen LogP contribution in [0.5, 0.6) is 0 Å². The number of piperidine rings is 1. The maximum absolute atomic E-state index is 12.7. The second kappa shape index (κ2) is 7.32. The molecule has 1 aromatic heterocycles. The molecule has 6 heteroatoms. The van der Waals surface area contributed by atoms with Gasteiger partial charge < -0.3 is 5.32 Å². The van der Waals surface area contributed by atoms with Crippen LogP contribution in [0.4, 0.5) is 5.69 Å². The van der Waals surface area contributed by atoms with Crippen molar-refractivity contribution in [2.45, 2.75) is 45.1 Å². The third-order valence-electron chi connectivity index (χ3n) is 4.53. The number of carbonyl (C=O) groups is 1. The molecule has 0 saturated carbocycles. The fourth-order valence-electron chi connectivity index (χ4n) is 3.21. The molecule has 1 aliphatic rings. The van der Waals surface area contributed by atoms with Crippen LogP contribution in [0.1, 0.15) is 39.0 Å². The molecule has 2 aromatic rings. The summed E-state index contributed by atoms with van der Waals surface area (Å²) in [7, 11) is 0. The molecule has 0 aliphatic carbocycles. The number of rotatable bonds is 5. The zero-order valence-corrected chi connectivity index (χ0v) is 14.2. The Balaban J connectivity index is 1.74. The number of nitrogens with zero attached hydrogens (tertiary/aromatic N) is 2. The van der Waals surface area contributed by atoms with Gasteiger partial charge in [-0.2, -0.15) is 5.10 Å². The minimum absolute atomic E-state index is 0.0468. The van der Waals surface area contributed by atoms with Gasteiger partial charge in [-0.15, -0.1) is 0 Å². The number of H-pyrrole nitrogens is 1. The molecule has 1 amide bonds. The van der Waals surface area contributed by atoms with E-state index in [1.54, 1.807) is 6.20 Å². The zero-order chi connectivity index (χ0) is 16.2. The van der Waals surface area contributed by atoms with Gasteiger partial charge >= 0.3 is 0 Å². The molecule has 2 heterocycles. The van der Waals surface area contributed by atoms with Crippen molar-refractivity contribution in [3.05, 3.63) is 23.4 Å². The molecule has 2 N–H and O–H groups in total. The number of amides is 1. The monoisotopic (exact) mass is 334 g/mol. The van der Waals surface area contributed by atoms with Crippen LogP contribution in [0.15, 0.2) is 18.3 Å². The van der Waals surface area contributed by atoms with Gasteiger partial charge in [-0.1, -0.05) is 31.4 Å². The molecule has 1 fully saturated rings. The van der Waals surface area contributed by atoms with E-state index >= 15 is 0 Å². The van der Waals surface area contributed by atoms with E-state index in [9.17, 15) is 4.79 Å². The number of benzene rings is 1. The summed E-state index contributed by atoms with van der Waals surface area (Å²) in [5.41, 5.74) is 1.53. The molecule has 0 spiro atoms. The van der Waals surface area contributed by atoms with Crippen molar-refractivity contribution in [1.82, 2.24) is 15.1 Å². The summed E-state index contributed by atoms with van der Waals surface area (Å²) >= 11 is 6.40. The Bertz CT molecular complexity index is 684. The van der Waals surface area contributed by atoms with E-state index < -0.39 is 0 Å². The summed E-state index contributed by atoms with van der Waals surface area (Å²) in [6.07, 6.45) is 7.16. The van der Waals surface area contributed by atoms with Crippen molar-refractivity contribution in [3.63, 3.8) is 0 Å². The molecule has 1 saturated heterocycles. The molecular weight excluding hydrogens is 312 g/mol. The number of fused-ring (bicyclic) bond motifs is 1. The Hall–Kier alpha value is -1.59. The third-order valence-corrected chi connectivity index (χ3v) is 4.94. The Kier molecular flexibility index (Phi) is 5.18. The van der Waals surface area contributed by atoms with Crippen molar-refractivity contribution < 1.29 is 4.79 Å². The van der Waals surface area contributed by atoms with E-state index in [1.165, 1.54) is 6.42 Å². The number of unbranched alkanes of at least 4 members (excludes halogenated alkanes) is 1. The number of hydrogen-bond donors (Lipinski definition) is 2. The fourth-order valence-corrected chi connectivity index (χ4v) is 3.47. The van der Waals surface area contributed by atoms with Gasteiger partial charge in [0.05, 0.1) is 28.5 Å². The molecule has 0 bridgehead atoms. The average Bonchev–Trinajstić information content (AvgIpc) is 3.05. The first-order chi connectivity index (χ1) is 11.2. The van der Waals surface area contributed by atoms with Gasteiger partial charge in [0.25, 0.3) is 0 Å². The zero-order valence-electron chi connectivity index (χ0n) is 13.4. The molecule has 0 radical (unpaired) electrons. The number of likely N-dealkylation sites (tertiary alicyclic amines) is 1. The van der Waals surface area contributed by atoms with Crippen LogP contribution >= 0.6 is 11.6 Å². The highest BCUT2D eigenvalue weighted by molar-refractivity contribution is 6.38. The molecule has 1 aromatic carbocycles. The summed E-state index contributed by atoms with van der Waals surface area (Å²) in [6.45, 7) is 4.18. The van der Waals surface area contributed by atoms with Crippen LogP contribution in [-0.4, -0.2) is 40.1 Å². The highest BCUT2D eigenvalue weighted by Crippen LogP contribution is 2.30. The lowest BCUT2D eigenvalue weighted by Gasteiger charge is -2.34. The van der Waals surface area contributed by atoms with Crippen LogP contribution < -0.4 is 5.32 Å². The van der Waals surface area contributed by atoms with Crippen LogP contribution in [0.3, 0.4) is 0 Å². The Morgan fingerprint density at radius 1 is 1.48 bits per heavy atom. The molecule has 1 atom stereocenters. The summed E-state index contributed by atoms with van der Waals surface area (Å²) < 4.78 is 0. The predicted octanol–water partition coefficient (Wildman–Crippen LogP) is 3.81. The highest BCUT2D eigenvalue weighted by Gasteiger charge is 2.28. The molecular formula is C17H23ClN4O. The van der Waals surface area contributed by atoms with Gasteiger partial charge in [0.2, 0.25) is 5.91 Å². The Morgan fingerprint density at radius 2 is 2.35 bits per heavy atom. The smallest absolute Gasteiger partial charge is 0.241 e. The molecule has 124 valence electrons. The average molecular weight is 335 g/mol. The van der Waals surface area contributed by atoms with E-state index in [0.29, 0.717) is 10.7 Å². The van der Waals surface area contributed by atoms with Crippen molar-refractivity contribution in [3.8, 4) is 0 Å². The molecule has 3 rings (SSSR count). The SMILES string of the molecule is CCCCN1CCCCC1C(=O)Nc1ccc2[nH]ncc2c1Cl. The second-order valence-electron chi connectivity index (χ2n) is 6.15. The molecule has 1 unspecified atom stereocenters. The first-order valence-corrected chi connectivity index (χ1v) is 8.75. The highest BCUT2D eigenvalue weighted by atomic mass is 35.5. The van der Waals surface area contributed by atoms with E-state index in [1.807, 2.05) is 12.1 Å². The van der Waals surface area contributed by atoms with Crippen LogP contribution in [0, 0.1) is 0 Å². The first kappa shape index (κ1) is 16.3. The third kappa shape index (κ3) is 3.51. The number of carbonyl (C=O) groups excluding carboxylic acids is 1. The molecule has 23 heavy (non-hydrogen) atoms. The van der Waals surface area contributed by atoms with Crippen LogP contribution in [0.25, 0.3) is 10.9 Å². The topological polar surface area (TPSA) is 61.0 Å². The van der Waals surface area contributed by atoms with Gasteiger partial charge in [-0.25, -0.2) is 0 Å². The van der Waals surface area contributed by atoms with Crippen molar-refractivity contribution in [2.24, 2.45) is 0 Å². The van der Waals surface area contributed by atoms with Gasteiger partial charge in [0, 0.05) is 5.39 Å². The van der Waals surface area contributed by atoms with Crippen molar-refractivity contribution >= 4 is 34.1 Å². The maximum atomic E-state index is 12.7. The molecule has 1 aliphatic heterocycles. The van der Waals surface area contributed by atoms with Gasteiger partial charge in [0.15, 0.2) is 0 Å². The van der Waals surface area contributed by atoms with Crippen LogP contribution in [0.2, 0.25) is 5.02 Å². The lowest BCUT2D eigenvalue weighted by Crippen LogP contribution is -2.47. The minimum Gasteiger partial charge on any atom is -0.323 e. The number of hydrogen-bond acceptors (Lipinski definition) is 3. The summed E-state index contributed by atoms with van der Waals surface area (Å²) in [5.74, 6) is 0.0468. The lowest BCUT2D eigenvalue weighted by molar-refractivity contribution is -0.122. The van der Waals surface area contributed by atoms with Gasteiger partial charge in [-0.3, -0.25) is 14.8 Å². The number of halogens is 1. The normalized spacial score (nSPS) is 19.1. The quantitative estimate of drug-likeness (QED) is 0.874. The first-order valence-electron chi connectivity index (χ1n) is 8.37. The minimum atomic E-state index is -0.0496. The number of aromatic amines is 1.